The molecular formula is C21H28N4O4. The van der Waals surface area contributed by atoms with E-state index in [2.05, 4.69) is 10.1 Å². The molecule has 1 aliphatic rings. The Morgan fingerprint density at radius 2 is 1.93 bits per heavy atom. The number of benzene rings is 1. The lowest BCUT2D eigenvalue weighted by Gasteiger charge is -2.28. The van der Waals surface area contributed by atoms with Crippen LogP contribution in [0.4, 0.5) is 10.7 Å². The molecule has 1 aliphatic carbocycles. The number of aromatic nitrogens is 3. The number of anilines is 1. The van der Waals surface area contributed by atoms with E-state index in [-0.39, 0.29) is 18.0 Å². The molecule has 29 heavy (non-hydrogen) atoms. The summed E-state index contributed by atoms with van der Waals surface area (Å²) < 4.78 is 12.4. The number of carbonyl (C=O) groups is 2. The second-order valence-electron chi connectivity index (χ2n) is 7.52. The zero-order chi connectivity index (χ0) is 21.0. The molecule has 0 aliphatic heterocycles. The molecule has 0 spiro atoms. The quantitative estimate of drug-likeness (QED) is 0.559. The van der Waals surface area contributed by atoms with Gasteiger partial charge >= 0.3 is 6.16 Å². The molecule has 3 rings (SSSR count). The summed E-state index contributed by atoms with van der Waals surface area (Å²) in [5, 5.41) is 4.05. The summed E-state index contributed by atoms with van der Waals surface area (Å²) >= 11 is 0. The van der Waals surface area contributed by atoms with Crippen LogP contribution in [0.1, 0.15) is 60.5 Å². The number of rotatable bonds is 5. The van der Waals surface area contributed by atoms with Crippen molar-refractivity contribution in [3.8, 4) is 0 Å². The first-order valence-corrected chi connectivity index (χ1v) is 9.99. The predicted octanol–water partition coefficient (Wildman–Crippen LogP) is 3.91. The minimum absolute atomic E-state index is 0.123. The minimum Gasteiger partial charge on any atom is -0.431 e. The van der Waals surface area contributed by atoms with E-state index in [9.17, 15) is 9.59 Å². The van der Waals surface area contributed by atoms with Gasteiger partial charge in [-0.15, -0.1) is 0 Å². The van der Waals surface area contributed by atoms with Gasteiger partial charge in [-0.2, -0.15) is 10.1 Å². The van der Waals surface area contributed by atoms with Crippen molar-refractivity contribution >= 4 is 18.0 Å². The van der Waals surface area contributed by atoms with Gasteiger partial charge in [-0.3, -0.25) is 4.79 Å². The molecule has 8 nitrogen and oxygen atoms in total. The van der Waals surface area contributed by atoms with E-state index >= 15 is 0 Å². The van der Waals surface area contributed by atoms with Gasteiger partial charge in [0.05, 0.1) is 0 Å². The van der Waals surface area contributed by atoms with Crippen molar-refractivity contribution in [2.24, 2.45) is 7.05 Å². The Kier molecular flexibility index (Phi) is 6.51. The Morgan fingerprint density at radius 1 is 1.21 bits per heavy atom. The van der Waals surface area contributed by atoms with E-state index in [0.29, 0.717) is 5.56 Å². The van der Waals surface area contributed by atoms with E-state index in [1.54, 1.807) is 20.0 Å². The molecule has 1 amide bonds. The van der Waals surface area contributed by atoms with Gasteiger partial charge in [0, 0.05) is 12.6 Å². The molecule has 156 valence electrons. The van der Waals surface area contributed by atoms with Crippen LogP contribution in [-0.2, 0) is 16.5 Å². The lowest BCUT2D eigenvalue weighted by Crippen LogP contribution is -2.43. The highest BCUT2D eigenvalue weighted by Gasteiger charge is 2.31. The minimum atomic E-state index is -0.915. The van der Waals surface area contributed by atoms with Crippen molar-refractivity contribution in [3.05, 3.63) is 41.2 Å². The largest absolute Gasteiger partial charge is 0.510 e. The average molecular weight is 400 g/mol. The average Bonchev–Trinajstić information content (AvgIpc) is 3.08. The normalized spacial score (nSPS) is 15.6. The van der Waals surface area contributed by atoms with Crippen LogP contribution in [0.25, 0.3) is 0 Å². The summed E-state index contributed by atoms with van der Waals surface area (Å²) in [6, 6.07) is 5.58. The van der Waals surface area contributed by atoms with Gasteiger partial charge in [0.2, 0.25) is 5.95 Å². The number of hydrogen-bond acceptors (Lipinski definition) is 6. The molecule has 1 saturated carbocycles. The molecule has 1 atom stereocenters. The van der Waals surface area contributed by atoms with Gasteiger partial charge in [0.15, 0.2) is 6.23 Å². The molecule has 1 heterocycles. The Bertz CT molecular complexity index is 873. The zero-order valence-corrected chi connectivity index (χ0v) is 17.4. The second-order valence-corrected chi connectivity index (χ2v) is 7.52. The lowest BCUT2D eigenvalue weighted by molar-refractivity contribution is -0.00703. The van der Waals surface area contributed by atoms with Crippen LogP contribution in [0.2, 0.25) is 0 Å². The zero-order valence-electron chi connectivity index (χ0n) is 17.4. The standard InChI is InChI=1S/C21H28N4O4/c1-14-10-11-18(15(2)12-14)19(26)25(20-22-13-23-24(20)4)16(3)28-21(27)29-17-8-6-5-7-9-17/h10-13,16-17H,5-9H2,1-4H3. The van der Waals surface area contributed by atoms with Gasteiger partial charge in [-0.1, -0.05) is 24.1 Å². The SMILES string of the molecule is Cc1ccc(C(=O)N(c2ncnn2C)C(C)OC(=O)OC2CCCCC2)c(C)c1. The summed E-state index contributed by atoms with van der Waals surface area (Å²) in [6.07, 6.45) is 4.48. The van der Waals surface area contributed by atoms with Crippen molar-refractivity contribution in [2.75, 3.05) is 4.90 Å². The maximum absolute atomic E-state index is 13.4. The van der Waals surface area contributed by atoms with Crippen molar-refractivity contribution in [3.63, 3.8) is 0 Å². The van der Waals surface area contributed by atoms with Crippen LogP contribution >= 0.6 is 0 Å². The number of ether oxygens (including phenoxy) is 2. The van der Waals surface area contributed by atoms with E-state index in [1.807, 2.05) is 26.0 Å². The van der Waals surface area contributed by atoms with E-state index in [1.165, 1.54) is 15.9 Å². The fraction of sp³-hybridized carbons (Fsp3) is 0.524. The molecule has 8 heteroatoms. The Morgan fingerprint density at radius 3 is 2.55 bits per heavy atom. The Labute approximate surface area is 170 Å². The second kappa shape index (κ2) is 9.07. The molecule has 0 bridgehead atoms. The third-order valence-corrected chi connectivity index (χ3v) is 5.18. The molecule has 1 unspecified atom stereocenters. The highest BCUT2D eigenvalue weighted by Crippen LogP contribution is 2.23. The fourth-order valence-electron chi connectivity index (χ4n) is 3.65. The number of hydrogen-bond donors (Lipinski definition) is 0. The molecule has 0 radical (unpaired) electrons. The van der Waals surface area contributed by atoms with Crippen LogP contribution in [0.3, 0.4) is 0 Å². The van der Waals surface area contributed by atoms with Gasteiger partial charge in [0.1, 0.15) is 12.4 Å². The van der Waals surface area contributed by atoms with Gasteiger partial charge in [-0.25, -0.2) is 14.4 Å². The van der Waals surface area contributed by atoms with Gasteiger partial charge < -0.3 is 9.47 Å². The number of aryl methyl sites for hydroxylation is 3. The molecule has 1 aromatic heterocycles. The topological polar surface area (TPSA) is 86.5 Å². The first-order chi connectivity index (χ1) is 13.9. The first-order valence-electron chi connectivity index (χ1n) is 9.99. The highest BCUT2D eigenvalue weighted by molar-refractivity contribution is 6.06. The van der Waals surface area contributed by atoms with E-state index in [4.69, 9.17) is 9.47 Å². The third kappa shape index (κ3) is 4.93. The smallest absolute Gasteiger partial charge is 0.431 e. The summed E-state index contributed by atoms with van der Waals surface area (Å²) in [5.74, 6) is -0.0375. The maximum atomic E-state index is 13.4. The number of nitrogens with zero attached hydrogens (tertiary/aromatic N) is 4. The highest BCUT2D eigenvalue weighted by atomic mass is 16.7. The van der Waals surface area contributed by atoms with Crippen molar-refractivity contribution in [1.29, 1.82) is 0 Å². The van der Waals surface area contributed by atoms with E-state index < -0.39 is 12.4 Å². The molecule has 0 N–H and O–H groups in total. The molecule has 1 fully saturated rings. The first kappa shape index (κ1) is 20.8. The molecule has 1 aromatic carbocycles. The van der Waals surface area contributed by atoms with Crippen molar-refractivity contribution in [1.82, 2.24) is 14.8 Å². The van der Waals surface area contributed by atoms with Crippen LogP contribution in [0.15, 0.2) is 24.5 Å². The van der Waals surface area contributed by atoms with Crippen LogP contribution in [0, 0.1) is 13.8 Å². The number of carbonyl (C=O) groups excluding carboxylic acids is 2. The van der Waals surface area contributed by atoms with Crippen LogP contribution in [-0.4, -0.2) is 39.2 Å². The summed E-state index contributed by atoms with van der Waals surface area (Å²) in [6.45, 7) is 5.46. The van der Waals surface area contributed by atoms with Crippen molar-refractivity contribution in [2.45, 2.75) is 65.2 Å². The summed E-state index contributed by atoms with van der Waals surface area (Å²) in [7, 11) is 1.68. The third-order valence-electron chi connectivity index (χ3n) is 5.18. The number of amides is 1. The Balaban J connectivity index is 1.80. The lowest BCUT2D eigenvalue weighted by atomic mass is 9.98. The van der Waals surface area contributed by atoms with E-state index in [0.717, 1.165) is 43.2 Å². The van der Waals surface area contributed by atoms with Crippen LogP contribution < -0.4 is 4.90 Å². The van der Waals surface area contributed by atoms with Gasteiger partial charge in [-0.05, 0) is 58.1 Å². The monoisotopic (exact) mass is 400 g/mol. The molecular weight excluding hydrogens is 372 g/mol. The molecule has 2 aromatic rings. The summed E-state index contributed by atoms with van der Waals surface area (Å²) in [5.41, 5.74) is 2.40. The Hall–Kier alpha value is -2.90. The predicted molar refractivity (Wildman–Crippen MR) is 108 cm³/mol. The van der Waals surface area contributed by atoms with Crippen molar-refractivity contribution < 1.29 is 19.1 Å². The maximum Gasteiger partial charge on any atom is 0.510 e. The summed E-state index contributed by atoms with van der Waals surface area (Å²) in [4.78, 5) is 31.2. The van der Waals surface area contributed by atoms with Crippen LogP contribution in [0.5, 0.6) is 0 Å². The molecule has 0 saturated heterocycles. The van der Waals surface area contributed by atoms with Gasteiger partial charge in [0.25, 0.3) is 5.91 Å². The fourth-order valence-corrected chi connectivity index (χ4v) is 3.65.